The first kappa shape index (κ1) is 15.2. The van der Waals surface area contributed by atoms with Crippen LogP contribution in [0.1, 0.15) is 23.3 Å². The molecule has 2 aromatic heterocycles. The van der Waals surface area contributed by atoms with Crippen molar-refractivity contribution in [3.8, 4) is 0 Å². The summed E-state index contributed by atoms with van der Waals surface area (Å²) in [6.07, 6.45) is 6.24. The molecule has 0 spiro atoms. The molecule has 0 aromatic carbocycles. The third kappa shape index (κ3) is 3.20. The molecule has 0 aliphatic heterocycles. The zero-order valence-electron chi connectivity index (χ0n) is 12.6. The minimum atomic E-state index is -0.0621. The molecule has 2 heterocycles. The first-order chi connectivity index (χ1) is 10.8. The number of fused-ring (bicyclic) bond motifs is 3. The molecule has 0 radical (unpaired) electrons. The van der Waals surface area contributed by atoms with Crippen LogP contribution in [0.2, 0.25) is 0 Å². The van der Waals surface area contributed by atoms with E-state index in [4.69, 9.17) is 4.74 Å². The van der Waals surface area contributed by atoms with Crippen LogP contribution < -0.4 is 10.6 Å². The molecule has 118 valence electrons. The van der Waals surface area contributed by atoms with Crippen molar-refractivity contribution in [3.63, 3.8) is 0 Å². The Morgan fingerprint density at radius 2 is 2.23 bits per heavy atom. The summed E-state index contributed by atoms with van der Waals surface area (Å²) in [6, 6.07) is 0. The summed E-state index contributed by atoms with van der Waals surface area (Å²) in [7, 11) is 1.61. The second-order valence-corrected chi connectivity index (χ2v) is 6.39. The number of nitrogens with one attached hydrogen (secondary N) is 2. The molecule has 0 saturated carbocycles. The Morgan fingerprint density at radius 1 is 1.36 bits per heavy atom. The summed E-state index contributed by atoms with van der Waals surface area (Å²) in [5.74, 6) is 0.708. The lowest BCUT2D eigenvalue weighted by Gasteiger charge is -2.12. The van der Waals surface area contributed by atoms with Crippen LogP contribution in [-0.2, 0) is 22.4 Å². The molecule has 2 aromatic rings. The van der Waals surface area contributed by atoms with Crippen LogP contribution in [0.3, 0.4) is 0 Å². The van der Waals surface area contributed by atoms with E-state index in [9.17, 15) is 4.79 Å². The van der Waals surface area contributed by atoms with Crippen molar-refractivity contribution in [1.82, 2.24) is 15.3 Å². The SMILES string of the molecule is COCCNC(=O)CNc1ncnc2sc3c(c12)CCCC3. The van der Waals surface area contributed by atoms with Gasteiger partial charge >= 0.3 is 0 Å². The van der Waals surface area contributed by atoms with E-state index in [1.165, 1.54) is 23.3 Å². The molecule has 0 fully saturated rings. The van der Waals surface area contributed by atoms with Gasteiger partial charge in [0, 0.05) is 18.5 Å². The molecule has 2 N–H and O–H groups in total. The summed E-state index contributed by atoms with van der Waals surface area (Å²) in [4.78, 5) is 22.9. The quantitative estimate of drug-likeness (QED) is 0.793. The Balaban J connectivity index is 1.73. The molecule has 0 atom stereocenters. The average Bonchev–Trinajstić information content (AvgIpc) is 2.92. The van der Waals surface area contributed by atoms with Gasteiger partial charge in [-0.05, 0) is 31.2 Å². The number of anilines is 1. The van der Waals surface area contributed by atoms with Crippen molar-refractivity contribution >= 4 is 33.3 Å². The van der Waals surface area contributed by atoms with E-state index in [1.54, 1.807) is 24.8 Å². The maximum atomic E-state index is 11.8. The zero-order valence-corrected chi connectivity index (χ0v) is 13.5. The highest BCUT2D eigenvalue weighted by Gasteiger charge is 2.19. The molecule has 7 heteroatoms. The molecule has 0 saturated heterocycles. The number of amides is 1. The van der Waals surface area contributed by atoms with Gasteiger partial charge in [0.05, 0.1) is 18.5 Å². The van der Waals surface area contributed by atoms with Gasteiger partial charge in [-0.3, -0.25) is 4.79 Å². The monoisotopic (exact) mass is 320 g/mol. The highest BCUT2D eigenvalue weighted by molar-refractivity contribution is 7.19. The molecular formula is C15H20N4O2S. The van der Waals surface area contributed by atoms with Crippen LogP contribution in [0.15, 0.2) is 6.33 Å². The highest BCUT2D eigenvalue weighted by atomic mass is 32.1. The van der Waals surface area contributed by atoms with Crippen molar-refractivity contribution in [2.24, 2.45) is 0 Å². The van der Waals surface area contributed by atoms with Gasteiger partial charge in [0.1, 0.15) is 17.0 Å². The number of rotatable bonds is 6. The first-order valence-corrected chi connectivity index (χ1v) is 8.36. The summed E-state index contributed by atoms with van der Waals surface area (Å²) < 4.78 is 4.91. The molecule has 1 amide bonds. The van der Waals surface area contributed by atoms with E-state index in [1.807, 2.05) is 0 Å². The molecule has 0 unspecified atom stereocenters. The predicted octanol–water partition coefficient (Wildman–Crippen LogP) is 1.74. The second-order valence-electron chi connectivity index (χ2n) is 5.31. The van der Waals surface area contributed by atoms with Crippen molar-refractivity contribution in [2.45, 2.75) is 25.7 Å². The third-order valence-electron chi connectivity index (χ3n) is 3.80. The summed E-state index contributed by atoms with van der Waals surface area (Å²) in [5, 5.41) is 7.05. The standard InChI is InChI=1S/C15H20N4O2S/c1-21-7-6-16-12(20)8-17-14-13-10-4-2-3-5-11(10)22-15(13)19-9-18-14/h9H,2-8H2,1H3,(H,16,20)(H,17,18,19). The fraction of sp³-hybridized carbons (Fsp3) is 0.533. The Labute approximate surface area is 133 Å². The number of aryl methyl sites for hydroxylation is 2. The molecule has 3 rings (SSSR count). The van der Waals surface area contributed by atoms with E-state index in [-0.39, 0.29) is 12.5 Å². The molecule has 1 aliphatic carbocycles. The van der Waals surface area contributed by atoms with Crippen molar-refractivity contribution < 1.29 is 9.53 Å². The lowest BCUT2D eigenvalue weighted by molar-refractivity contribution is -0.119. The number of carbonyl (C=O) groups is 1. The van der Waals surface area contributed by atoms with E-state index >= 15 is 0 Å². The lowest BCUT2D eigenvalue weighted by atomic mass is 9.97. The van der Waals surface area contributed by atoms with Crippen LogP contribution in [0, 0.1) is 0 Å². The van der Waals surface area contributed by atoms with Crippen LogP contribution in [0.5, 0.6) is 0 Å². The second kappa shape index (κ2) is 7.02. The van der Waals surface area contributed by atoms with Crippen molar-refractivity contribution in [3.05, 3.63) is 16.8 Å². The van der Waals surface area contributed by atoms with Gasteiger partial charge in [-0.25, -0.2) is 9.97 Å². The molecular weight excluding hydrogens is 300 g/mol. The largest absolute Gasteiger partial charge is 0.383 e. The van der Waals surface area contributed by atoms with Crippen LogP contribution >= 0.6 is 11.3 Å². The zero-order chi connectivity index (χ0) is 15.4. The van der Waals surface area contributed by atoms with Crippen molar-refractivity contribution in [1.29, 1.82) is 0 Å². The number of nitrogens with zero attached hydrogens (tertiary/aromatic N) is 2. The number of methoxy groups -OCH3 is 1. The topological polar surface area (TPSA) is 76.1 Å². The van der Waals surface area contributed by atoms with Crippen molar-refractivity contribution in [2.75, 3.05) is 32.1 Å². The van der Waals surface area contributed by atoms with E-state index in [2.05, 4.69) is 20.6 Å². The highest BCUT2D eigenvalue weighted by Crippen LogP contribution is 2.37. The average molecular weight is 320 g/mol. The Kier molecular flexibility index (Phi) is 4.84. The summed E-state index contributed by atoms with van der Waals surface area (Å²) >= 11 is 1.76. The minimum absolute atomic E-state index is 0.0621. The molecule has 1 aliphatic rings. The smallest absolute Gasteiger partial charge is 0.239 e. The van der Waals surface area contributed by atoms with E-state index < -0.39 is 0 Å². The fourth-order valence-electron chi connectivity index (χ4n) is 2.74. The number of carbonyl (C=O) groups excluding carboxylic acids is 1. The molecule has 0 bridgehead atoms. The van der Waals surface area contributed by atoms with Crippen LogP contribution in [-0.4, -0.2) is 42.7 Å². The Hall–Kier alpha value is -1.73. The third-order valence-corrected chi connectivity index (χ3v) is 5.00. The number of thiophene rings is 1. The summed E-state index contributed by atoms with van der Waals surface area (Å²) in [6.45, 7) is 1.24. The number of hydrogen-bond donors (Lipinski definition) is 2. The van der Waals surface area contributed by atoms with E-state index in [0.717, 1.165) is 28.9 Å². The number of hydrogen-bond acceptors (Lipinski definition) is 6. The van der Waals surface area contributed by atoms with Gasteiger partial charge in [0.2, 0.25) is 5.91 Å². The number of ether oxygens (including phenoxy) is 1. The van der Waals surface area contributed by atoms with Gasteiger partial charge in [-0.1, -0.05) is 0 Å². The van der Waals surface area contributed by atoms with Gasteiger partial charge in [0.25, 0.3) is 0 Å². The molecule has 6 nitrogen and oxygen atoms in total. The number of aromatic nitrogens is 2. The normalized spacial score (nSPS) is 13.9. The summed E-state index contributed by atoms with van der Waals surface area (Å²) in [5.41, 5.74) is 1.37. The maximum Gasteiger partial charge on any atom is 0.239 e. The van der Waals surface area contributed by atoms with Gasteiger partial charge in [0.15, 0.2) is 0 Å². The van der Waals surface area contributed by atoms with Gasteiger partial charge in [-0.2, -0.15) is 0 Å². The van der Waals surface area contributed by atoms with Crippen LogP contribution in [0.25, 0.3) is 10.2 Å². The Morgan fingerprint density at radius 3 is 3.09 bits per heavy atom. The lowest BCUT2D eigenvalue weighted by Crippen LogP contribution is -2.32. The predicted molar refractivity (Wildman–Crippen MR) is 87.4 cm³/mol. The molecule has 22 heavy (non-hydrogen) atoms. The van der Waals surface area contributed by atoms with Gasteiger partial charge in [-0.15, -0.1) is 11.3 Å². The fourth-order valence-corrected chi connectivity index (χ4v) is 3.97. The van der Waals surface area contributed by atoms with E-state index in [0.29, 0.717) is 13.2 Å². The maximum absolute atomic E-state index is 11.8. The first-order valence-electron chi connectivity index (χ1n) is 7.54. The van der Waals surface area contributed by atoms with Crippen LogP contribution in [0.4, 0.5) is 5.82 Å². The minimum Gasteiger partial charge on any atom is -0.383 e. The Bertz CT molecular complexity index is 671. The van der Waals surface area contributed by atoms with Gasteiger partial charge < -0.3 is 15.4 Å².